The van der Waals surface area contributed by atoms with Crippen LogP contribution in [-0.2, 0) is 0 Å². The third-order valence-corrected chi connectivity index (χ3v) is 4.54. The zero-order valence-electron chi connectivity index (χ0n) is 14.8. The van der Waals surface area contributed by atoms with Crippen molar-refractivity contribution >= 4 is 17.5 Å². The number of carbonyl (C=O) groups excluding carboxylic acids is 2. The molecule has 2 aromatic rings. The SMILES string of the molecule is O=C(NCCC1=CCCCC1)c1cccc(C(=O)Nc2ccccc2)c1. The van der Waals surface area contributed by atoms with Gasteiger partial charge in [0.05, 0.1) is 0 Å². The molecule has 0 spiro atoms. The highest BCUT2D eigenvalue weighted by Gasteiger charge is 2.11. The van der Waals surface area contributed by atoms with Gasteiger partial charge in [-0.25, -0.2) is 0 Å². The molecular weight excluding hydrogens is 324 g/mol. The Labute approximate surface area is 154 Å². The van der Waals surface area contributed by atoms with Gasteiger partial charge in [0.15, 0.2) is 0 Å². The van der Waals surface area contributed by atoms with Crippen molar-refractivity contribution < 1.29 is 9.59 Å². The number of carbonyl (C=O) groups is 2. The van der Waals surface area contributed by atoms with E-state index >= 15 is 0 Å². The van der Waals surface area contributed by atoms with Gasteiger partial charge in [-0.2, -0.15) is 0 Å². The van der Waals surface area contributed by atoms with Crippen molar-refractivity contribution in [2.24, 2.45) is 0 Å². The first-order valence-electron chi connectivity index (χ1n) is 9.15. The predicted octanol–water partition coefficient (Wildman–Crippen LogP) is 4.56. The van der Waals surface area contributed by atoms with Crippen LogP contribution < -0.4 is 10.6 Å². The maximum atomic E-state index is 12.4. The third kappa shape index (κ3) is 5.06. The Morgan fingerprint density at radius 3 is 2.38 bits per heavy atom. The standard InChI is InChI=1S/C22H24N2O2/c25-21(23-15-14-17-8-3-1-4-9-17)18-10-7-11-19(16-18)22(26)24-20-12-5-2-6-13-20/h2,5-8,10-13,16H,1,3-4,9,14-15H2,(H,23,25)(H,24,26). The summed E-state index contributed by atoms with van der Waals surface area (Å²) in [7, 11) is 0. The van der Waals surface area contributed by atoms with Gasteiger partial charge in [-0.1, -0.05) is 35.9 Å². The summed E-state index contributed by atoms with van der Waals surface area (Å²) >= 11 is 0. The molecule has 4 nitrogen and oxygen atoms in total. The first-order chi connectivity index (χ1) is 12.7. The molecule has 0 fully saturated rings. The van der Waals surface area contributed by atoms with Crippen molar-refractivity contribution in [2.45, 2.75) is 32.1 Å². The van der Waals surface area contributed by atoms with Crippen LogP contribution in [0.25, 0.3) is 0 Å². The fourth-order valence-corrected chi connectivity index (χ4v) is 3.10. The maximum absolute atomic E-state index is 12.4. The minimum absolute atomic E-state index is 0.143. The second kappa shape index (κ2) is 8.99. The molecule has 4 heteroatoms. The largest absolute Gasteiger partial charge is 0.352 e. The van der Waals surface area contributed by atoms with Crippen LogP contribution in [0.3, 0.4) is 0 Å². The monoisotopic (exact) mass is 348 g/mol. The molecule has 134 valence electrons. The number of anilines is 1. The van der Waals surface area contributed by atoms with Crippen LogP contribution >= 0.6 is 0 Å². The van der Waals surface area contributed by atoms with E-state index in [0.717, 1.165) is 24.9 Å². The molecule has 0 saturated carbocycles. The Kier molecular flexibility index (Phi) is 6.20. The van der Waals surface area contributed by atoms with E-state index in [1.165, 1.54) is 18.4 Å². The van der Waals surface area contributed by atoms with Gasteiger partial charge < -0.3 is 10.6 Å². The number of para-hydroxylation sites is 1. The zero-order chi connectivity index (χ0) is 18.2. The molecule has 26 heavy (non-hydrogen) atoms. The van der Waals surface area contributed by atoms with E-state index < -0.39 is 0 Å². The summed E-state index contributed by atoms with van der Waals surface area (Å²) in [5.41, 5.74) is 3.14. The normalized spacial score (nSPS) is 13.6. The highest BCUT2D eigenvalue weighted by Crippen LogP contribution is 2.19. The number of rotatable bonds is 6. The number of hydrogen-bond acceptors (Lipinski definition) is 2. The Bertz CT molecular complexity index is 797. The van der Waals surface area contributed by atoms with E-state index in [0.29, 0.717) is 17.7 Å². The van der Waals surface area contributed by atoms with Crippen LogP contribution in [0.5, 0.6) is 0 Å². The lowest BCUT2D eigenvalue weighted by atomic mass is 9.97. The molecule has 0 aliphatic heterocycles. The van der Waals surface area contributed by atoms with E-state index in [9.17, 15) is 9.59 Å². The number of allylic oxidation sites excluding steroid dienone is 1. The molecule has 0 aromatic heterocycles. The molecular formula is C22H24N2O2. The van der Waals surface area contributed by atoms with E-state index in [2.05, 4.69) is 16.7 Å². The van der Waals surface area contributed by atoms with Crippen molar-refractivity contribution in [3.8, 4) is 0 Å². The van der Waals surface area contributed by atoms with E-state index in [4.69, 9.17) is 0 Å². The minimum Gasteiger partial charge on any atom is -0.352 e. The summed E-state index contributed by atoms with van der Waals surface area (Å²) in [4.78, 5) is 24.7. The predicted molar refractivity (Wildman–Crippen MR) is 104 cm³/mol. The average molecular weight is 348 g/mol. The molecule has 0 saturated heterocycles. The van der Waals surface area contributed by atoms with Crippen molar-refractivity contribution in [3.05, 3.63) is 77.4 Å². The smallest absolute Gasteiger partial charge is 0.255 e. The van der Waals surface area contributed by atoms with Crippen molar-refractivity contribution in [3.63, 3.8) is 0 Å². The first kappa shape index (κ1) is 17.9. The highest BCUT2D eigenvalue weighted by molar-refractivity contribution is 6.06. The molecule has 2 N–H and O–H groups in total. The van der Waals surface area contributed by atoms with Gasteiger partial charge in [-0.15, -0.1) is 0 Å². The van der Waals surface area contributed by atoms with Gasteiger partial charge >= 0.3 is 0 Å². The summed E-state index contributed by atoms with van der Waals surface area (Å²) in [6, 6.07) is 16.1. The molecule has 1 aliphatic rings. The minimum atomic E-state index is -0.224. The van der Waals surface area contributed by atoms with Crippen molar-refractivity contribution in [1.82, 2.24) is 5.32 Å². The van der Waals surface area contributed by atoms with E-state index in [-0.39, 0.29) is 11.8 Å². The van der Waals surface area contributed by atoms with Crippen LogP contribution in [0.1, 0.15) is 52.8 Å². The molecule has 3 rings (SSSR count). The van der Waals surface area contributed by atoms with Gasteiger partial charge in [-0.3, -0.25) is 9.59 Å². The zero-order valence-corrected chi connectivity index (χ0v) is 14.8. The maximum Gasteiger partial charge on any atom is 0.255 e. The Balaban J connectivity index is 1.56. The van der Waals surface area contributed by atoms with Gasteiger partial charge in [-0.05, 0) is 62.4 Å². The van der Waals surface area contributed by atoms with Crippen LogP contribution in [0, 0.1) is 0 Å². The summed E-state index contributed by atoms with van der Waals surface area (Å²) in [5, 5.41) is 5.78. The molecule has 0 radical (unpaired) electrons. The molecule has 2 aromatic carbocycles. The summed E-state index contributed by atoms with van der Waals surface area (Å²) in [6.07, 6.45) is 8.02. The molecule has 1 aliphatic carbocycles. The number of hydrogen-bond donors (Lipinski definition) is 2. The lowest BCUT2D eigenvalue weighted by Gasteiger charge is -2.13. The molecule has 0 atom stereocenters. The number of amides is 2. The van der Waals surface area contributed by atoms with Gasteiger partial charge in [0.2, 0.25) is 0 Å². The molecule has 2 amide bonds. The summed E-state index contributed by atoms with van der Waals surface area (Å²) < 4.78 is 0. The molecule has 0 unspecified atom stereocenters. The fraction of sp³-hybridized carbons (Fsp3) is 0.273. The second-order valence-electron chi connectivity index (χ2n) is 6.52. The summed E-state index contributed by atoms with van der Waals surface area (Å²) in [5.74, 6) is -0.367. The van der Waals surface area contributed by atoms with Gasteiger partial charge in [0.1, 0.15) is 0 Å². The summed E-state index contributed by atoms with van der Waals surface area (Å²) in [6.45, 7) is 0.630. The Hall–Kier alpha value is -2.88. The second-order valence-corrected chi connectivity index (χ2v) is 6.52. The lowest BCUT2D eigenvalue weighted by molar-refractivity contribution is 0.0954. The van der Waals surface area contributed by atoms with E-state index in [1.807, 2.05) is 30.3 Å². The van der Waals surface area contributed by atoms with Gasteiger partial charge in [0, 0.05) is 23.4 Å². The quantitative estimate of drug-likeness (QED) is 0.752. The van der Waals surface area contributed by atoms with Crippen LogP contribution in [0.4, 0.5) is 5.69 Å². The first-order valence-corrected chi connectivity index (χ1v) is 9.15. The number of nitrogens with one attached hydrogen (secondary N) is 2. The highest BCUT2D eigenvalue weighted by atomic mass is 16.2. The topological polar surface area (TPSA) is 58.2 Å². The fourth-order valence-electron chi connectivity index (χ4n) is 3.10. The Morgan fingerprint density at radius 1 is 0.885 bits per heavy atom. The van der Waals surface area contributed by atoms with Crippen LogP contribution in [-0.4, -0.2) is 18.4 Å². The lowest BCUT2D eigenvalue weighted by Crippen LogP contribution is -2.25. The molecule has 0 heterocycles. The third-order valence-electron chi connectivity index (χ3n) is 4.54. The van der Waals surface area contributed by atoms with Crippen molar-refractivity contribution in [2.75, 3.05) is 11.9 Å². The number of benzene rings is 2. The average Bonchev–Trinajstić information content (AvgIpc) is 2.69. The molecule has 0 bridgehead atoms. The van der Waals surface area contributed by atoms with Crippen LogP contribution in [0.2, 0.25) is 0 Å². The van der Waals surface area contributed by atoms with E-state index in [1.54, 1.807) is 24.3 Å². The Morgan fingerprint density at radius 2 is 1.65 bits per heavy atom. The van der Waals surface area contributed by atoms with Crippen LogP contribution in [0.15, 0.2) is 66.2 Å². The van der Waals surface area contributed by atoms with Gasteiger partial charge in [0.25, 0.3) is 11.8 Å². The van der Waals surface area contributed by atoms with Crippen molar-refractivity contribution in [1.29, 1.82) is 0 Å².